The maximum absolute atomic E-state index is 11.6. The first kappa shape index (κ1) is 11.9. The van der Waals surface area contributed by atoms with Crippen LogP contribution >= 0.6 is 0 Å². The Balaban J connectivity index is 4.58. The lowest BCUT2D eigenvalue weighted by molar-refractivity contribution is 0.384. The van der Waals surface area contributed by atoms with E-state index in [4.69, 9.17) is 0 Å². The quantitative estimate of drug-likeness (QED) is 0.640. The predicted octanol–water partition coefficient (Wildman–Crippen LogP) is 0.525. The van der Waals surface area contributed by atoms with Crippen LogP contribution in [0.1, 0.15) is 20.8 Å². The minimum absolute atomic E-state index is 0.513. The van der Waals surface area contributed by atoms with Gasteiger partial charge in [0.2, 0.25) is 0 Å². The molecule has 0 N–H and O–H groups in total. The van der Waals surface area contributed by atoms with Crippen molar-refractivity contribution in [3.63, 3.8) is 0 Å². The summed E-state index contributed by atoms with van der Waals surface area (Å²) in [5.74, 6) is 0. The average molecular weight is 194 g/mol. The Labute approximate surface area is 75.3 Å². The molecule has 0 aromatic rings. The zero-order valence-electron chi connectivity index (χ0n) is 8.24. The maximum atomic E-state index is 11.6. The van der Waals surface area contributed by atoms with Gasteiger partial charge in [0, 0.05) is 26.7 Å². The Morgan fingerprint density at radius 1 is 1.00 bits per heavy atom. The lowest BCUT2D eigenvalue weighted by Gasteiger charge is -2.24. The molecule has 0 saturated carbocycles. The van der Waals surface area contributed by atoms with Crippen LogP contribution < -0.4 is 0 Å². The molecule has 0 atom stereocenters. The van der Waals surface area contributed by atoms with Gasteiger partial charge in [-0.15, -0.1) is 0 Å². The summed E-state index contributed by atoms with van der Waals surface area (Å²) in [6.45, 7) is 7.07. The number of nitrogens with zero attached hydrogens (tertiary/aromatic N) is 2. The van der Waals surface area contributed by atoms with Gasteiger partial charge in [0.1, 0.15) is 0 Å². The molecule has 0 aromatic heterocycles. The van der Waals surface area contributed by atoms with Crippen molar-refractivity contribution in [3.05, 3.63) is 0 Å². The standard InChI is InChI=1S/C7H18N2O2S/c1-5-8(4)12(10,11)9(6-2)7-3/h5-7H2,1-4H3. The third kappa shape index (κ3) is 2.43. The lowest BCUT2D eigenvalue weighted by atomic mass is 10.7. The highest BCUT2D eigenvalue weighted by Gasteiger charge is 2.22. The van der Waals surface area contributed by atoms with Gasteiger partial charge in [-0.25, -0.2) is 0 Å². The molecule has 0 aliphatic rings. The first-order chi connectivity index (χ1) is 5.50. The monoisotopic (exact) mass is 194 g/mol. The van der Waals surface area contributed by atoms with E-state index in [1.54, 1.807) is 7.05 Å². The van der Waals surface area contributed by atoms with Crippen LogP contribution in [0.25, 0.3) is 0 Å². The first-order valence-corrected chi connectivity index (χ1v) is 5.61. The van der Waals surface area contributed by atoms with Crippen molar-refractivity contribution in [3.8, 4) is 0 Å². The van der Waals surface area contributed by atoms with E-state index in [9.17, 15) is 8.42 Å². The van der Waals surface area contributed by atoms with Crippen LogP contribution in [0.15, 0.2) is 0 Å². The summed E-state index contributed by atoms with van der Waals surface area (Å²) in [4.78, 5) is 0. The fourth-order valence-corrected chi connectivity index (χ4v) is 2.28. The molecule has 0 radical (unpaired) electrons. The van der Waals surface area contributed by atoms with E-state index >= 15 is 0 Å². The highest BCUT2D eigenvalue weighted by molar-refractivity contribution is 7.86. The van der Waals surface area contributed by atoms with Gasteiger partial charge in [-0.3, -0.25) is 0 Å². The molecule has 4 nitrogen and oxygen atoms in total. The third-order valence-corrected chi connectivity index (χ3v) is 4.09. The molecule has 0 spiro atoms. The van der Waals surface area contributed by atoms with Crippen molar-refractivity contribution < 1.29 is 8.42 Å². The summed E-state index contributed by atoms with van der Waals surface area (Å²) in [6, 6.07) is 0. The molecular formula is C7H18N2O2S. The van der Waals surface area contributed by atoms with Crippen LogP contribution in [0.5, 0.6) is 0 Å². The van der Waals surface area contributed by atoms with Crippen molar-refractivity contribution in [1.82, 2.24) is 8.61 Å². The van der Waals surface area contributed by atoms with E-state index in [2.05, 4.69) is 0 Å². The van der Waals surface area contributed by atoms with E-state index in [0.29, 0.717) is 19.6 Å². The predicted molar refractivity (Wildman–Crippen MR) is 50.1 cm³/mol. The zero-order chi connectivity index (χ0) is 9.78. The van der Waals surface area contributed by atoms with Crippen LogP contribution in [0, 0.1) is 0 Å². The lowest BCUT2D eigenvalue weighted by Crippen LogP contribution is -2.41. The Bertz CT molecular complexity index is 209. The van der Waals surface area contributed by atoms with Crippen molar-refractivity contribution in [1.29, 1.82) is 0 Å². The topological polar surface area (TPSA) is 40.6 Å². The Hall–Kier alpha value is -0.130. The Kier molecular flexibility index (Phi) is 4.74. The van der Waals surface area contributed by atoms with Gasteiger partial charge in [0.25, 0.3) is 10.2 Å². The van der Waals surface area contributed by atoms with Crippen LogP contribution in [0.3, 0.4) is 0 Å². The van der Waals surface area contributed by atoms with E-state index in [-0.39, 0.29) is 0 Å². The molecule has 0 aliphatic carbocycles. The summed E-state index contributed by atoms with van der Waals surface area (Å²) in [6.07, 6.45) is 0. The molecule has 5 heteroatoms. The van der Waals surface area contributed by atoms with Gasteiger partial charge in [0.05, 0.1) is 0 Å². The summed E-state index contributed by atoms with van der Waals surface area (Å²) in [5, 5.41) is 0. The molecule has 0 heterocycles. The fraction of sp³-hybridized carbons (Fsp3) is 1.00. The van der Waals surface area contributed by atoms with Gasteiger partial charge in [0.15, 0.2) is 0 Å². The van der Waals surface area contributed by atoms with Crippen molar-refractivity contribution >= 4 is 10.2 Å². The minimum Gasteiger partial charge on any atom is -0.195 e. The number of rotatable bonds is 5. The molecule has 0 rings (SSSR count). The van der Waals surface area contributed by atoms with Crippen LogP contribution in [-0.4, -0.2) is 43.7 Å². The van der Waals surface area contributed by atoms with Crippen molar-refractivity contribution in [2.75, 3.05) is 26.7 Å². The van der Waals surface area contributed by atoms with Crippen LogP contribution in [0.2, 0.25) is 0 Å². The molecule has 0 fully saturated rings. The Morgan fingerprint density at radius 3 is 1.67 bits per heavy atom. The number of hydrogen-bond donors (Lipinski definition) is 0. The second-order valence-corrected chi connectivity index (χ2v) is 4.54. The van der Waals surface area contributed by atoms with Crippen LogP contribution in [-0.2, 0) is 10.2 Å². The van der Waals surface area contributed by atoms with Gasteiger partial charge in [-0.05, 0) is 0 Å². The Morgan fingerprint density at radius 2 is 1.42 bits per heavy atom. The van der Waals surface area contributed by atoms with Gasteiger partial charge in [-0.1, -0.05) is 20.8 Å². The van der Waals surface area contributed by atoms with E-state index in [0.717, 1.165) is 0 Å². The first-order valence-electron chi connectivity index (χ1n) is 4.22. The van der Waals surface area contributed by atoms with E-state index in [1.165, 1.54) is 8.61 Å². The maximum Gasteiger partial charge on any atom is 0.281 e. The highest BCUT2D eigenvalue weighted by atomic mass is 32.2. The third-order valence-electron chi connectivity index (χ3n) is 1.87. The molecule has 0 saturated heterocycles. The molecule has 0 bridgehead atoms. The van der Waals surface area contributed by atoms with Crippen LogP contribution in [0.4, 0.5) is 0 Å². The largest absolute Gasteiger partial charge is 0.281 e. The van der Waals surface area contributed by atoms with E-state index < -0.39 is 10.2 Å². The fourth-order valence-electron chi connectivity index (χ4n) is 0.910. The summed E-state index contributed by atoms with van der Waals surface area (Å²) in [7, 11) is -1.59. The van der Waals surface area contributed by atoms with Crippen molar-refractivity contribution in [2.45, 2.75) is 20.8 Å². The molecule has 12 heavy (non-hydrogen) atoms. The summed E-state index contributed by atoms with van der Waals surface area (Å²) < 4.78 is 25.9. The SMILES string of the molecule is CCN(C)S(=O)(=O)N(CC)CC. The van der Waals surface area contributed by atoms with Gasteiger partial charge >= 0.3 is 0 Å². The molecule has 0 aromatic carbocycles. The minimum atomic E-state index is -3.18. The van der Waals surface area contributed by atoms with Gasteiger partial charge < -0.3 is 0 Å². The summed E-state index contributed by atoms with van der Waals surface area (Å²) >= 11 is 0. The number of hydrogen-bond acceptors (Lipinski definition) is 2. The average Bonchev–Trinajstić information content (AvgIpc) is 2.04. The summed E-state index contributed by atoms with van der Waals surface area (Å²) in [5.41, 5.74) is 0. The molecule has 0 aliphatic heterocycles. The smallest absolute Gasteiger partial charge is 0.195 e. The van der Waals surface area contributed by atoms with E-state index in [1.807, 2.05) is 20.8 Å². The molecular weight excluding hydrogens is 176 g/mol. The highest BCUT2D eigenvalue weighted by Crippen LogP contribution is 2.04. The van der Waals surface area contributed by atoms with Gasteiger partial charge in [-0.2, -0.15) is 17.0 Å². The molecule has 0 amide bonds. The molecule has 0 unspecified atom stereocenters. The molecule has 74 valence electrons. The second kappa shape index (κ2) is 4.79. The van der Waals surface area contributed by atoms with Crippen molar-refractivity contribution in [2.24, 2.45) is 0 Å². The second-order valence-electron chi connectivity index (χ2n) is 2.51. The zero-order valence-corrected chi connectivity index (χ0v) is 9.06. The normalized spacial score (nSPS) is 12.8.